The number of benzene rings is 2. The molecular formula is C18H15N5O2. The quantitative estimate of drug-likeness (QED) is 0.743. The Morgan fingerprint density at radius 1 is 1.16 bits per heavy atom. The molecule has 1 heterocycles. The van der Waals surface area contributed by atoms with Crippen LogP contribution in [0.5, 0.6) is 5.75 Å². The van der Waals surface area contributed by atoms with Gasteiger partial charge in [-0.25, -0.2) is 0 Å². The van der Waals surface area contributed by atoms with E-state index in [2.05, 4.69) is 26.6 Å². The maximum Gasteiger partial charge on any atom is 0.274 e. The van der Waals surface area contributed by atoms with E-state index in [1.54, 1.807) is 31.4 Å². The van der Waals surface area contributed by atoms with E-state index in [1.165, 1.54) is 0 Å². The molecule has 1 aromatic heterocycles. The van der Waals surface area contributed by atoms with Crippen molar-refractivity contribution >= 4 is 11.6 Å². The highest BCUT2D eigenvalue weighted by Gasteiger charge is 2.08. The predicted molar refractivity (Wildman–Crippen MR) is 92.9 cm³/mol. The van der Waals surface area contributed by atoms with Crippen molar-refractivity contribution in [3.63, 3.8) is 0 Å². The number of rotatable bonds is 5. The predicted octanol–water partition coefficient (Wildman–Crippen LogP) is 2.38. The topological polar surface area (TPSA) is 104 Å². The molecule has 2 aromatic carbocycles. The lowest BCUT2D eigenvalue weighted by molar-refractivity contribution is 0.414. The monoisotopic (exact) mass is 333 g/mol. The Morgan fingerprint density at radius 3 is 2.60 bits per heavy atom. The normalized spacial score (nSPS) is 10.1. The second-order valence-electron chi connectivity index (χ2n) is 5.26. The van der Waals surface area contributed by atoms with Crippen molar-refractivity contribution in [2.45, 2.75) is 6.42 Å². The fourth-order valence-corrected chi connectivity index (χ4v) is 2.29. The van der Waals surface area contributed by atoms with Crippen LogP contribution in [0.15, 0.2) is 53.3 Å². The van der Waals surface area contributed by atoms with Crippen LogP contribution in [0, 0.1) is 11.3 Å². The fraction of sp³-hybridized carbons (Fsp3) is 0.111. The molecule has 0 saturated heterocycles. The molecule has 0 radical (unpaired) electrons. The number of aromatic nitrogens is 3. The number of nitriles is 1. The molecule has 0 amide bonds. The van der Waals surface area contributed by atoms with Crippen molar-refractivity contribution in [1.82, 2.24) is 15.2 Å². The van der Waals surface area contributed by atoms with Gasteiger partial charge in [-0.05, 0) is 29.8 Å². The molecule has 7 nitrogen and oxygen atoms in total. The van der Waals surface area contributed by atoms with Crippen LogP contribution < -0.4 is 15.6 Å². The SMILES string of the molecule is COc1ccc(Cc2nnc(Nc3ccccc3C#N)[nH]c2=O)cc1. The molecule has 0 unspecified atom stereocenters. The minimum atomic E-state index is -0.331. The number of nitrogens with one attached hydrogen (secondary N) is 2. The Labute approximate surface area is 143 Å². The number of anilines is 2. The molecule has 3 rings (SSSR count). The van der Waals surface area contributed by atoms with Gasteiger partial charge in [0.2, 0.25) is 5.95 Å². The zero-order chi connectivity index (χ0) is 17.6. The molecule has 0 fully saturated rings. The van der Waals surface area contributed by atoms with Gasteiger partial charge in [0, 0.05) is 6.42 Å². The van der Waals surface area contributed by atoms with Gasteiger partial charge in [0.1, 0.15) is 17.5 Å². The summed E-state index contributed by atoms with van der Waals surface area (Å²) < 4.78 is 5.11. The van der Waals surface area contributed by atoms with Crippen molar-refractivity contribution in [2.24, 2.45) is 0 Å². The van der Waals surface area contributed by atoms with E-state index < -0.39 is 0 Å². The van der Waals surface area contributed by atoms with E-state index >= 15 is 0 Å². The van der Waals surface area contributed by atoms with E-state index in [0.29, 0.717) is 23.4 Å². The highest BCUT2D eigenvalue weighted by atomic mass is 16.5. The molecule has 124 valence electrons. The van der Waals surface area contributed by atoms with Gasteiger partial charge >= 0.3 is 0 Å². The lowest BCUT2D eigenvalue weighted by Crippen LogP contribution is -2.19. The number of ether oxygens (including phenoxy) is 1. The Balaban J connectivity index is 1.78. The van der Waals surface area contributed by atoms with Crippen LogP contribution in [-0.2, 0) is 6.42 Å². The summed E-state index contributed by atoms with van der Waals surface area (Å²) in [7, 11) is 1.60. The number of nitrogens with zero attached hydrogens (tertiary/aromatic N) is 3. The molecule has 0 aliphatic rings. The molecule has 7 heteroatoms. The van der Waals surface area contributed by atoms with Crippen molar-refractivity contribution < 1.29 is 4.74 Å². The summed E-state index contributed by atoms with van der Waals surface area (Å²) in [5, 5.41) is 20.0. The lowest BCUT2D eigenvalue weighted by atomic mass is 10.1. The summed E-state index contributed by atoms with van der Waals surface area (Å²) in [6.07, 6.45) is 0.362. The highest BCUT2D eigenvalue weighted by Crippen LogP contribution is 2.17. The summed E-state index contributed by atoms with van der Waals surface area (Å²) in [6, 6.07) is 16.4. The first-order valence-corrected chi connectivity index (χ1v) is 7.54. The number of hydrogen-bond acceptors (Lipinski definition) is 6. The molecule has 0 atom stereocenters. The van der Waals surface area contributed by atoms with Gasteiger partial charge in [0.25, 0.3) is 5.56 Å². The second-order valence-corrected chi connectivity index (χ2v) is 5.26. The molecule has 0 bridgehead atoms. The lowest BCUT2D eigenvalue weighted by Gasteiger charge is -2.07. The van der Waals surface area contributed by atoms with Crippen LogP contribution in [-0.4, -0.2) is 22.3 Å². The summed E-state index contributed by atoms with van der Waals surface area (Å²) in [5.41, 5.74) is 1.91. The van der Waals surface area contributed by atoms with E-state index in [1.807, 2.05) is 24.3 Å². The maximum absolute atomic E-state index is 12.2. The van der Waals surface area contributed by atoms with Gasteiger partial charge in [0.15, 0.2) is 0 Å². The van der Waals surface area contributed by atoms with Gasteiger partial charge in [-0.15, -0.1) is 10.2 Å². The van der Waals surface area contributed by atoms with Crippen LogP contribution in [0.2, 0.25) is 0 Å². The molecular weight excluding hydrogens is 318 g/mol. The molecule has 0 aliphatic carbocycles. The van der Waals surface area contributed by atoms with E-state index in [0.717, 1.165) is 11.3 Å². The van der Waals surface area contributed by atoms with Crippen molar-refractivity contribution in [3.05, 3.63) is 75.7 Å². The maximum atomic E-state index is 12.2. The molecule has 25 heavy (non-hydrogen) atoms. The first-order chi connectivity index (χ1) is 12.2. The third-order valence-corrected chi connectivity index (χ3v) is 3.60. The Kier molecular flexibility index (Phi) is 4.72. The van der Waals surface area contributed by atoms with Crippen LogP contribution in [0.4, 0.5) is 11.6 Å². The van der Waals surface area contributed by atoms with Gasteiger partial charge in [-0.3, -0.25) is 9.78 Å². The number of para-hydroxylation sites is 1. The van der Waals surface area contributed by atoms with Crippen molar-refractivity contribution in [1.29, 1.82) is 5.26 Å². The van der Waals surface area contributed by atoms with Gasteiger partial charge < -0.3 is 10.1 Å². The Hall–Kier alpha value is -3.66. The van der Waals surface area contributed by atoms with Crippen molar-refractivity contribution in [3.8, 4) is 11.8 Å². The number of H-pyrrole nitrogens is 1. The van der Waals surface area contributed by atoms with Crippen LogP contribution in [0.25, 0.3) is 0 Å². The number of aromatic amines is 1. The van der Waals surface area contributed by atoms with E-state index in [-0.39, 0.29) is 11.5 Å². The largest absolute Gasteiger partial charge is 0.497 e. The fourth-order valence-electron chi connectivity index (χ4n) is 2.29. The second kappa shape index (κ2) is 7.27. The number of methoxy groups -OCH3 is 1. The first kappa shape index (κ1) is 16.2. The minimum absolute atomic E-state index is 0.186. The standard InChI is InChI=1S/C18H15N5O2/c1-25-14-8-6-12(7-9-14)10-16-17(24)21-18(23-22-16)20-15-5-3-2-4-13(15)11-19/h2-9H,10H2,1H3,(H2,20,21,23,24). The number of hydrogen-bond donors (Lipinski definition) is 2. The van der Waals surface area contributed by atoms with E-state index in [4.69, 9.17) is 10.00 Å². The summed E-state index contributed by atoms with van der Waals surface area (Å²) >= 11 is 0. The molecule has 0 aliphatic heterocycles. The Morgan fingerprint density at radius 2 is 1.92 bits per heavy atom. The zero-order valence-corrected chi connectivity index (χ0v) is 13.5. The summed E-state index contributed by atoms with van der Waals surface area (Å²) in [6.45, 7) is 0. The third-order valence-electron chi connectivity index (χ3n) is 3.60. The van der Waals surface area contributed by atoms with Gasteiger partial charge in [0.05, 0.1) is 18.4 Å². The third kappa shape index (κ3) is 3.82. The average Bonchev–Trinajstić information content (AvgIpc) is 2.65. The zero-order valence-electron chi connectivity index (χ0n) is 13.5. The molecule has 2 N–H and O–H groups in total. The summed E-state index contributed by atoms with van der Waals surface area (Å²) in [5.74, 6) is 0.936. The highest BCUT2D eigenvalue weighted by molar-refractivity contribution is 5.62. The van der Waals surface area contributed by atoms with Crippen molar-refractivity contribution in [2.75, 3.05) is 12.4 Å². The summed E-state index contributed by atoms with van der Waals surface area (Å²) in [4.78, 5) is 14.9. The first-order valence-electron chi connectivity index (χ1n) is 7.54. The van der Waals surface area contributed by atoms with Crippen LogP contribution >= 0.6 is 0 Å². The smallest absolute Gasteiger partial charge is 0.274 e. The molecule has 0 saturated carbocycles. The van der Waals surface area contributed by atoms with Crippen LogP contribution in [0.3, 0.4) is 0 Å². The van der Waals surface area contributed by atoms with Gasteiger partial charge in [-0.1, -0.05) is 24.3 Å². The minimum Gasteiger partial charge on any atom is -0.497 e. The molecule has 3 aromatic rings. The van der Waals surface area contributed by atoms with Gasteiger partial charge in [-0.2, -0.15) is 5.26 Å². The molecule has 0 spiro atoms. The Bertz CT molecular complexity index is 974. The van der Waals surface area contributed by atoms with Crippen LogP contribution in [0.1, 0.15) is 16.8 Å². The van der Waals surface area contributed by atoms with E-state index in [9.17, 15) is 4.79 Å². The average molecular weight is 333 g/mol.